The van der Waals surface area contributed by atoms with E-state index in [9.17, 15) is 9.59 Å². The molecule has 1 aliphatic rings. The summed E-state index contributed by atoms with van der Waals surface area (Å²) in [4.78, 5) is 22.4. The summed E-state index contributed by atoms with van der Waals surface area (Å²) in [5.74, 6) is -0.123. The molecule has 0 unspecified atom stereocenters. The van der Waals surface area contributed by atoms with Gasteiger partial charge in [0.25, 0.3) is 0 Å². The van der Waals surface area contributed by atoms with Crippen molar-refractivity contribution in [2.75, 3.05) is 0 Å². The predicted octanol–water partition coefficient (Wildman–Crippen LogP) is 5.23. The molecule has 1 aliphatic carbocycles. The lowest BCUT2D eigenvalue weighted by atomic mass is 9.97. The highest BCUT2D eigenvalue weighted by molar-refractivity contribution is 5.98. The number of ketones is 1. The summed E-state index contributed by atoms with van der Waals surface area (Å²) >= 11 is 0. The van der Waals surface area contributed by atoms with Crippen molar-refractivity contribution in [3.63, 3.8) is 0 Å². The first kappa shape index (κ1) is 19.4. The lowest BCUT2D eigenvalue weighted by Crippen LogP contribution is -2.00. The van der Waals surface area contributed by atoms with Crippen molar-refractivity contribution in [2.24, 2.45) is 5.92 Å². The number of rotatable bonds is 11. The normalized spacial score (nSPS) is 20.3. The zero-order chi connectivity index (χ0) is 16.9. The lowest BCUT2D eigenvalue weighted by Gasteiger charge is -2.06. The first-order chi connectivity index (χ1) is 11.1. The van der Waals surface area contributed by atoms with Crippen LogP contribution in [-0.4, -0.2) is 16.9 Å². The molecule has 0 radical (unpaired) electrons. The standard InChI is InChI=1S/C20H30O3/c1-2-3-4-5-6-10-13-18-17(15-16-19(18)21)12-9-7-8-11-14-20(22)23/h6-7,9-10,13,17H,2-5,8,11-12,14-16H2,1H3,(H,22,23)/b9-7+,10-6+,18-13-/t17-/m0/s1. The minimum absolute atomic E-state index is 0.222. The molecule has 1 atom stereocenters. The largest absolute Gasteiger partial charge is 0.481 e. The Morgan fingerprint density at radius 1 is 1.17 bits per heavy atom. The van der Waals surface area contributed by atoms with E-state index in [1.807, 2.05) is 18.2 Å². The number of carboxylic acids is 1. The first-order valence-electron chi connectivity index (χ1n) is 8.91. The summed E-state index contributed by atoms with van der Waals surface area (Å²) in [6.07, 6.45) is 19.3. The maximum atomic E-state index is 12.0. The van der Waals surface area contributed by atoms with Crippen molar-refractivity contribution in [1.82, 2.24) is 0 Å². The molecule has 0 amide bonds. The van der Waals surface area contributed by atoms with Gasteiger partial charge in [0.15, 0.2) is 5.78 Å². The number of carboxylic acid groups (broad SMARTS) is 1. The molecule has 3 heteroatoms. The molecule has 1 rings (SSSR count). The summed E-state index contributed by atoms with van der Waals surface area (Å²) in [6.45, 7) is 2.20. The van der Waals surface area contributed by atoms with Gasteiger partial charge in [-0.25, -0.2) is 0 Å². The van der Waals surface area contributed by atoms with Gasteiger partial charge in [0, 0.05) is 12.8 Å². The third-order valence-corrected chi connectivity index (χ3v) is 4.22. The number of hydrogen-bond acceptors (Lipinski definition) is 2. The van der Waals surface area contributed by atoms with Gasteiger partial charge in [0.2, 0.25) is 0 Å². The fourth-order valence-electron chi connectivity index (χ4n) is 2.84. The molecule has 0 aromatic heterocycles. The second kappa shape index (κ2) is 11.9. The summed E-state index contributed by atoms with van der Waals surface area (Å²) in [5.41, 5.74) is 0.965. The molecule has 0 aromatic rings. The Labute approximate surface area is 140 Å². The quantitative estimate of drug-likeness (QED) is 0.322. The van der Waals surface area contributed by atoms with Crippen molar-refractivity contribution in [3.8, 4) is 0 Å². The Balaban J connectivity index is 2.37. The highest BCUT2D eigenvalue weighted by atomic mass is 16.4. The van der Waals surface area contributed by atoms with Crippen molar-refractivity contribution >= 4 is 11.8 Å². The van der Waals surface area contributed by atoms with E-state index in [-0.39, 0.29) is 12.2 Å². The lowest BCUT2D eigenvalue weighted by molar-refractivity contribution is -0.137. The van der Waals surface area contributed by atoms with Crippen LogP contribution >= 0.6 is 0 Å². The third kappa shape index (κ3) is 8.53. The van der Waals surface area contributed by atoms with Gasteiger partial charge >= 0.3 is 5.97 Å². The zero-order valence-corrected chi connectivity index (χ0v) is 14.3. The van der Waals surface area contributed by atoms with Crippen molar-refractivity contribution < 1.29 is 14.7 Å². The number of unbranched alkanes of at least 4 members (excludes halogenated alkanes) is 4. The fraction of sp³-hybridized carbons (Fsp3) is 0.600. The Morgan fingerprint density at radius 3 is 2.70 bits per heavy atom. The van der Waals surface area contributed by atoms with Crippen LogP contribution < -0.4 is 0 Å². The van der Waals surface area contributed by atoms with Gasteiger partial charge in [-0.05, 0) is 50.0 Å². The molecular formula is C20H30O3. The van der Waals surface area contributed by atoms with E-state index >= 15 is 0 Å². The molecule has 0 aromatic carbocycles. The predicted molar refractivity (Wildman–Crippen MR) is 94.3 cm³/mol. The number of Topliss-reactive ketones (excluding diaryl/α,β-unsaturated/α-hetero) is 1. The molecule has 0 saturated heterocycles. The van der Waals surface area contributed by atoms with E-state index in [0.717, 1.165) is 31.3 Å². The molecule has 0 spiro atoms. The van der Waals surface area contributed by atoms with Crippen molar-refractivity contribution in [1.29, 1.82) is 0 Å². The van der Waals surface area contributed by atoms with Crippen LogP contribution in [0.15, 0.2) is 36.0 Å². The van der Waals surface area contributed by atoms with Gasteiger partial charge in [0.1, 0.15) is 0 Å². The summed E-state index contributed by atoms with van der Waals surface area (Å²) in [6, 6.07) is 0. The number of carbonyl (C=O) groups is 2. The van der Waals surface area contributed by atoms with Crippen LogP contribution in [0.2, 0.25) is 0 Å². The average molecular weight is 318 g/mol. The second-order valence-electron chi connectivity index (χ2n) is 6.20. The van der Waals surface area contributed by atoms with Gasteiger partial charge in [-0.2, -0.15) is 0 Å². The van der Waals surface area contributed by atoms with E-state index < -0.39 is 5.97 Å². The Bertz CT molecular complexity index is 458. The number of allylic oxidation sites excluding steroid dienone is 6. The van der Waals surface area contributed by atoms with Crippen LogP contribution in [0.4, 0.5) is 0 Å². The molecule has 1 N–H and O–H groups in total. The van der Waals surface area contributed by atoms with E-state index in [1.165, 1.54) is 19.3 Å². The van der Waals surface area contributed by atoms with E-state index in [4.69, 9.17) is 5.11 Å². The first-order valence-corrected chi connectivity index (χ1v) is 8.91. The van der Waals surface area contributed by atoms with Gasteiger partial charge in [-0.1, -0.05) is 50.1 Å². The second-order valence-corrected chi connectivity index (χ2v) is 6.20. The van der Waals surface area contributed by atoms with E-state index in [2.05, 4.69) is 19.1 Å². The highest BCUT2D eigenvalue weighted by Gasteiger charge is 2.26. The van der Waals surface area contributed by atoms with Gasteiger partial charge in [0.05, 0.1) is 0 Å². The average Bonchev–Trinajstić information content (AvgIpc) is 2.86. The van der Waals surface area contributed by atoms with Crippen LogP contribution in [0.5, 0.6) is 0 Å². The van der Waals surface area contributed by atoms with Crippen LogP contribution in [0.3, 0.4) is 0 Å². The van der Waals surface area contributed by atoms with Crippen LogP contribution in [0, 0.1) is 5.92 Å². The molecule has 0 heterocycles. The molecular weight excluding hydrogens is 288 g/mol. The minimum Gasteiger partial charge on any atom is -0.481 e. The minimum atomic E-state index is -0.740. The monoisotopic (exact) mass is 318 g/mol. The fourth-order valence-corrected chi connectivity index (χ4v) is 2.84. The Kier molecular flexibility index (Phi) is 10.0. The Morgan fingerprint density at radius 2 is 1.96 bits per heavy atom. The maximum absolute atomic E-state index is 12.0. The molecule has 1 saturated carbocycles. The van der Waals surface area contributed by atoms with E-state index in [0.29, 0.717) is 18.8 Å². The molecule has 0 aliphatic heterocycles. The topological polar surface area (TPSA) is 54.4 Å². The number of hydrogen-bond donors (Lipinski definition) is 1. The number of carbonyl (C=O) groups excluding carboxylic acids is 1. The molecule has 23 heavy (non-hydrogen) atoms. The van der Waals surface area contributed by atoms with Crippen LogP contribution in [-0.2, 0) is 9.59 Å². The molecule has 1 fully saturated rings. The molecule has 0 bridgehead atoms. The number of aliphatic carboxylic acids is 1. The highest BCUT2D eigenvalue weighted by Crippen LogP contribution is 2.31. The Hall–Kier alpha value is -1.64. The SMILES string of the molecule is CCCCC/C=C/C=C1\C(=O)CC[C@@H]1C/C=C/CCCC(=O)O. The molecule has 3 nitrogen and oxygen atoms in total. The van der Waals surface area contributed by atoms with Crippen molar-refractivity contribution in [3.05, 3.63) is 36.0 Å². The third-order valence-electron chi connectivity index (χ3n) is 4.22. The molecule has 128 valence electrons. The smallest absolute Gasteiger partial charge is 0.303 e. The van der Waals surface area contributed by atoms with Gasteiger partial charge in [-0.15, -0.1) is 0 Å². The maximum Gasteiger partial charge on any atom is 0.303 e. The van der Waals surface area contributed by atoms with Crippen molar-refractivity contribution in [2.45, 2.75) is 71.1 Å². The van der Waals surface area contributed by atoms with Gasteiger partial charge in [-0.3, -0.25) is 9.59 Å². The summed E-state index contributed by atoms with van der Waals surface area (Å²) in [5, 5.41) is 8.58. The summed E-state index contributed by atoms with van der Waals surface area (Å²) < 4.78 is 0. The zero-order valence-electron chi connectivity index (χ0n) is 14.3. The van der Waals surface area contributed by atoms with Crippen LogP contribution in [0.1, 0.15) is 71.1 Å². The summed E-state index contributed by atoms with van der Waals surface area (Å²) in [7, 11) is 0. The van der Waals surface area contributed by atoms with E-state index in [1.54, 1.807) is 0 Å². The van der Waals surface area contributed by atoms with Gasteiger partial charge < -0.3 is 5.11 Å². The van der Waals surface area contributed by atoms with Crippen LogP contribution in [0.25, 0.3) is 0 Å².